The minimum Gasteiger partial charge on any atom is -0.276 e. The molecular weight excluding hydrogens is 430 g/mol. The van der Waals surface area contributed by atoms with Gasteiger partial charge >= 0.3 is 0 Å². The Balaban J connectivity index is 1.61. The van der Waals surface area contributed by atoms with Gasteiger partial charge in [0.05, 0.1) is 39.7 Å². The summed E-state index contributed by atoms with van der Waals surface area (Å²) in [4.78, 5) is 33.2. The number of aryl methyl sites for hydroxylation is 1. The summed E-state index contributed by atoms with van der Waals surface area (Å²) in [5.74, 6) is -0.285. The maximum Gasteiger partial charge on any atom is 0.280 e. The highest BCUT2D eigenvalue weighted by Crippen LogP contribution is 2.34. The van der Waals surface area contributed by atoms with Crippen molar-refractivity contribution in [1.82, 2.24) is 19.9 Å². The molecule has 6 nitrogen and oxygen atoms in total. The van der Waals surface area contributed by atoms with Gasteiger partial charge in [-0.05, 0) is 48.9 Å². The van der Waals surface area contributed by atoms with Crippen molar-refractivity contribution < 1.29 is 4.79 Å². The maximum atomic E-state index is 13.6. The van der Waals surface area contributed by atoms with Crippen LogP contribution in [0.25, 0.3) is 21.3 Å². The van der Waals surface area contributed by atoms with Crippen LogP contribution in [-0.4, -0.2) is 25.8 Å². The summed E-state index contributed by atoms with van der Waals surface area (Å²) in [7, 11) is 0. The number of thiazole rings is 1. The number of halogens is 1. The van der Waals surface area contributed by atoms with E-state index in [1.807, 2.05) is 61.5 Å². The number of fused-ring (bicyclic) bond motifs is 2. The van der Waals surface area contributed by atoms with E-state index in [1.165, 1.54) is 17.5 Å². The topological polar surface area (TPSA) is 71.9 Å². The molecule has 0 radical (unpaired) electrons. The van der Waals surface area contributed by atoms with Gasteiger partial charge in [0.1, 0.15) is 5.69 Å². The molecule has 0 spiro atoms. The number of benzene rings is 2. The first kappa shape index (κ1) is 19.5. The van der Waals surface area contributed by atoms with E-state index in [1.54, 1.807) is 11.1 Å². The van der Waals surface area contributed by atoms with Crippen LogP contribution in [0.3, 0.4) is 0 Å². The molecule has 0 unspecified atom stereocenters. The van der Waals surface area contributed by atoms with Gasteiger partial charge in [0.2, 0.25) is 0 Å². The van der Waals surface area contributed by atoms with Crippen molar-refractivity contribution >= 4 is 55.2 Å². The lowest BCUT2D eigenvalue weighted by molar-refractivity contribution is 0.0980. The minimum absolute atomic E-state index is 0.253. The Morgan fingerprint density at radius 2 is 1.81 bits per heavy atom. The smallest absolute Gasteiger partial charge is 0.276 e. The van der Waals surface area contributed by atoms with Gasteiger partial charge < -0.3 is 0 Å². The zero-order chi connectivity index (χ0) is 21.4. The molecule has 0 fully saturated rings. The number of amides is 1. The van der Waals surface area contributed by atoms with Gasteiger partial charge in [0.25, 0.3) is 5.91 Å². The van der Waals surface area contributed by atoms with Crippen LogP contribution in [0.2, 0.25) is 5.02 Å². The zero-order valence-corrected chi connectivity index (χ0v) is 18.1. The molecule has 5 rings (SSSR count). The molecule has 0 aliphatic heterocycles. The van der Waals surface area contributed by atoms with Crippen LogP contribution in [0.15, 0.2) is 67.0 Å². The molecule has 0 bridgehead atoms. The molecule has 0 saturated heterocycles. The molecule has 31 heavy (non-hydrogen) atoms. The number of aromatic nitrogens is 4. The third-order valence-corrected chi connectivity index (χ3v) is 6.38. The van der Waals surface area contributed by atoms with Crippen molar-refractivity contribution in [2.75, 3.05) is 4.90 Å². The largest absolute Gasteiger partial charge is 0.280 e. The monoisotopic (exact) mass is 445 g/mol. The number of pyridine rings is 1. The number of anilines is 1. The molecule has 0 aliphatic carbocycles. The van der Waals surface area contributed by atoms with Crippen LogP contribution in [-0.2, 0) is 6.54 Å². The zero-order valence-electron chi connectivity index (χ0n) is 16.5. The van der Waals surface area contributed by atoms with Crippen LogP contribution >= 0.6 is 22.9 Å². The molecule has 0 aliphatic rings. The van der Waals surface area contributed by atoms with Crippen molar-refractivity contribution in [1.29, 1.82) is 0 Å². The molecule has 0 saturated carbocycles. The Kier molecular flexibility index (Phi) is 5.05. The number of hydrogen-bond donors (Lipinski definition) is 0. The predicted octanol–water partition coefficient (Wildman–Crippen LogP) is 5.44. The van der Waals surface area contributed by atoms with E-state index in [-0.39, 0.29) is 18.1 Å². The van der Waals surface area contributed by atoms with Gasteiger partial charge in [-0.1, -0.05) is 41.1 Å². The number of para-hydroxylation sites is 2. The van der Waals surface area contributed by atoms with Crippen molar-refractivity contribution in [3.05, 3.63) is 89.0 Å². The van der Waals surface area contributed by atoms with Gasteiger partial charge in [0.15, 0.2) is 5.13 Å². The molecular formula is C23H16ClN5OS. The lowest BCUT2D eigenvalue weighted by Gasteiger charge is -2.19. The van der Waals surface area contributed by atoms with Crippen LogP contribution in [0.4, 0.5) is 5.13 Å². The van der Waals surface area contributed by atoms with Gasteiger partial charge in [-0.3, -0.25) is 19.7 Å². The molecule has 3 heterocycles. The molecule has 0 N–H and O–H groups in total. The molecule has 1 amide bonds. The SMILES string of the molecule is Cc1c(Cl)ccc2sc(N(Cc3ccccn3)C(=O)c3cnc4ccccc4n3)nc12. The van der Waals surface area contributed by atoms with E-state index in [0.717, 1.165) is 27.0 Å². The Labute approximate surface area is 187 Å². The summed E-state index contributed by atoms with van der Waals surface area (Å²) in [6.45, 7) is 2.19. The highest BCUT2D eigenvalue weighted by molar-refractivity contribution is 7.22. The summed E-state index contributed by atoms with van der Waals surface area (Å²) >= 11 is 7.71. The van der Waals surface area contributed by atoms with Crippen molar-refractivity contribution in [2.24, 2.45) is 0 Å². The van der Waals surface area contributed by atoms with Gasteiger partial charge in [0, 0.05) is 11.2 Å². The Morgan fingerprint density at radius 3 is 2.61 bits per heavy atom. The van der Waals surface area contributed by atoms with E-state index in [9.17, 15) is 4.79 Å². The number of rotatable bonds is 4. The van der Waals surface area contributed by atoms with E-state index >= 15 is 0 Å². The fourth-order valence-corrected chi connectivity index (χ4v) is 4.46. The third-order valence-electron chi connectivity index (χ3n) is 4.93. The first-order valence-electron chi connectivity index (χ1n) is 9.59. The van der Waals surface area contributed by atoms with Gasteiger partial charge in [-0.2, -0.15) is 0 Å². The summed E-state index contributed by atoms with van der Waals surface area (Å²) in [5.41, 5.74) is 4.08. The fourth-order valence-electron chi connectivity index (χ4n) is 3.28. The number of hydrogen-bond acceptors (Lipinski definition) is 6. The van der Waals surface area contributed by atoms with E-state index < -0.39 is 0 Å². The van der Waals surface area contributed by atoms with Crippen molar-refractivity contribution in [3.63, 3.8) is 0 Å². The van der Waals surface area contributed by atoms with Crippen molar-refractivity contribution in [3.8, 4) is 0 Å². The third kappa shape index (κ3) is 3.73. The molecule has 152 valence electrons. The average Bonchev–Trinajstić information content (AvgIpc) is 3.25. The van der Waals surface area contributed by atoms with Crippen LogP contribution in [0, 0.1) is 6.92 Å². The quantitative estimate of drug-likeness (QED) is 0.368. The molecule has 3 aromatic heterocycles. The Hall–Kier alpha value is -3.42. The normalized spacial score (nSPS) is 11.2. The summed E-state index contributed by atoms with van der Waals surface area (Å²) < 4.78 is 0.959. The van der Waals surface area contributed by atoms with Crippen LogP contribution < -0.4 is 4.90 Å². The van der Waals surface area contributed by atoms with Crippen molar-refractivity contribution in [2.45, 2.75) is 13.5 Å². The molecule has 8 heteroatoms. The fraction of sp³-hybridized carbons (Fsp3) is 0.0870. The first-order chi connectivity index (χ1) is 15.1. The van der Waals surface area contributed by atoms with Crippen LogP contribution in [0.5, 0.6) is 0 Å². The van der Waals surface area contributed by atoms with E-state index in [4.69, 9.17) is 16.6 Å². The highest BCUT2D eigenvalue weighted by Gasteiger charge is 2.24. The number of carbonyl (C=O) groups excluding carboxylic acids is 1. The van der Waals surface area contributed by atoms with Crippen LogP contribution in [0.1, 0.15) is 21.7 Å². The lowest BCUT2D eigenvalue weighted by Crippen LogP contribution is -2.31. The Morgan fingerprint density at radius 1 is 1.00 bits per heavy atom. The maximum absolute atomic E-state index is 13.6. The summed E-state index contributed by atoms with van der Waals surface area (Å²) in [5, 5.41) is 1.21. The summed E-state index contributed by atoms with van der Waals surface area (Å²) in [6.07, 6.45) is 3.21. The van der Waals surface area contributed by atoms with Gasteiger partial charge in [-0.25, -0.2) is 9.97 Å². The lowest BCUT2D eigenvalue weighted by atomic mass is 10.2. The number of carbonyl (C=O) groups is 1. The second-order valence-electron chi connectivity index (χ2n) is 6.97. The molecule has 5 aromatic rings. The average molecular weight is 446 g/mol. The Bertz CT molecular complexity index is 1420. The second kappa shape index (κ2) is 8.02. The van der Waals surface area contributed by atoms with E-state index in [2.05, 4.69) is 15.0 Å². The van der Waals surface area contributed by atoms with E-state index in [0.29, 0.717) is 15.7 Å². The number of nitrogens with zero attached hydrogens (tertiary/aromatic N) is 5. The standard InChI is InChI=1S/C23H16ClN5OS/c1-14-16(24)9-10-20-21(14)28-23(31-20)29(13-15-6-4-5-11-25-15)22(30)19-12-26-17-7-2-3-8-18(17)27-19/h2-12H,13H2,1H3. The molecule has 2 aromatic carbocycles. The summed E-state index contributed by atoms with van der Waals surface area (Å²) in [6, 6.07) is 16.8. The molecule has 0 atom stereocenters. The highest BCUT2D eigenvalue weighted by atomic mass is 35.5. The first-order valence-corrected chi connectivity index (χ1v) is 10.8. The minimum atomic E-state index is -0.285. The predicted molar refractivity (Wildman–Crippen MR) is 124 cm³/mol. The second-order valence-corrected chi connectivity index (χ2v) is 8.39. The van der Waals surface area contributed by atoms with Gasteiger partial charge in [-0.15, -0.1) is 0 Å².